The van der Waals surface area contributed by atoms with Crippen LogP contribution in [0.1, 0.15) is 55.7 Å². The molecule has 2 rings (SSSR count). The minimum Gasteiger partial charge on any atom is -0.330 e. The molecule has 3 nitrogen and oxygen atoms in total. The molecule has 3 heteroatoms. The van der Waals surface area contributed by atoms with Crippen LogP contribution >= 0.6 is 0 Å². The summed E-state index contributed by atoms with van der Waals surface area (Å²) in [6.45, 7) is 0.773. The molecule has 1 fully saturated rings. The Morgan fingerprint density at radius 2 is 2.13 bits per heavy atom. The number of hydrogen-bond donors (Lipinski definition) is 2. The van der Waals surface area contributed by atoms with Crippen LogP contribution < -0.4 is 5.73 Å². The summed E-state index contributed by atoms with van der Waals surface area (Å²) in [6, 6.07) is 0. The summed E-state index contributed by atoms with van der Waals surface area (Å²) in [5, 5.41) is 7.38. The Labute approximate surface area is 91.4 Å². The van der Waals surface area contributed by atoms with Gasteiger partial charge in [-0.1, -0.05) is 19.3 Å². The predicted molar refractivity (Wildman–Crippen MR) is 61.8 cm³/mol. The van der Waals surface area contributed by atoms with Crippen LogP contribution in [0.4, 0.5) is 0 Å². The number of aryl methyl sites for hydroxylation is 1. The van der Waals surface area contributed by atoms with Gasteiger partial charge in [0.2, 0.25) is 0 Å². The average Bonchev–Trinajstić information content (AvgIpc) is 2.75. The average molecular weight is 207 g/mol. The van der Waals surface area contributed by atoms with Crippen molar-refractivity contribution >= 4 is 0 Å². The molecule has 1 heterocycles. The SMILES string of the molecule is NCCCc1cn[nH]c1C1CCCCC1. The molecule has 0 aliphatic heterocycles. The quantitative estimate of drug-likeness (QED) is 0.796. The molecule has 0 aromatic carbocycles. The zero-order valence-electron chi connectivity index (χ0n) is 9.34. The molecule has 0 spiro atoms. The van der Waals surface area contributed by atoms with Gasteiger partial charge in [-0.3, -0.25) is 5.10 Å². The van der Waals surface area contributed by atoms with Crippen molar-refractivity contribution in [1.82, 2.24) is 10.2 Å². The van der Waals surface area contributed by atoms with Gasteiger partial charge in [-0.15, -0.1) is 0 Å². The van der Waals surface area contributed by atoms with Gasteiger partial charge in [0.05, 0.1) is 6.20 Å². The van der Waals surface area contributed by atoms with Crippen molar-refractivity contribution < 1.29 is 0 Å². The molecule has 84 valence electrons. The Hall–Kier alpha value is -0.830. The van der Waals surface area contributed by atoms with E-state index in [0.29, 0.717) is 0 Å². The molecule has 1 saturated carbocycles. The molecule has 1 aliphatic rings. The molecule has 0 amide bonds. The highest BCUT2D eigenvalue weighted by Gasteiger charge is 2.19. The van der Waals surface area contributed by atoms with Gasteiger partial charge in [0.1, 0.15) is 0 Å². The molecule has 3 N–H and O–H groups in total. The van der Waals surface area contributed by atoms with Crippen LogP contribution in [-0.2, 0) is 6.42 Å². The topological polar surface area (TPSA) is 54.7 Å². The predicted octanol–water partition coefficient (Wildman–Crippen LogP) is 2.35. The molecule has 1 aromatic heterocycles. The monoisotopic (exact) mass is 207 g/mol. The van der Waals surface area contributed by atoms with Gasteiger partial charge in [0, 0.05) is 11.6 Å². The molecule has 0 bridgehead atoms. The summed E-state index contributed by atoms with van der Waals surface area (Å²) >= 11 is 0. The first-order valence-corrected chi connectivity index (χ1v) is 6.14. The molecule has 0 atom stereocenters. The lowest BCUT2D eigenvalue weighted by Crippen LogP contribution is -2.08. The second-order valence-electron chi connectivity index (χ2n) is 4.54. The third-order valence-electron chi connectivity index (χ3n) is 3.41. The zero-order valence-corrected chi connectivity index (χ0v) is 9.34. The fourth-order valence-corrected chi connectivity index (χ4v) is 2.56. The second kappa shape index (κ2) is 5.31. The van der Waals surface area contributed by atoms with Gasteiger partial charge >= 0.3 is 0 Å². The van der Waals surface area contributed by atoms with Crippen molar-refractivity contribution in [3.8, 4) is 0 Å². The summed E-state index contributed by atoms with van der Waals surface area (Å²) < 4.78 is 0. The Morgan fingerprint density at radius 1 is 1.33 bits per heavy atom. The molecule has 15 heavy (non-hydrogen) atoms. The van der Waals surface area contributed by atoms with Gasteiger partial charge in [-0.25, -0.2) is 0 Å². The van der Waals surface area contributed by atoms with Gasteiger partial charge < -0.3 is 5.73 Å². The normalized spacial score (nSPS) is 18.2. The van der Waals surface area contributed by atoms with E-state index >= 15 is 0 Å². The number of nitrogens with two attached hydrogens (primary N) is 1. The Bertz CT molecular complexity index is 287. The first-order valence-electron chi connectivity index (χ1n) is 6.14. The maximum atomic E-state index is 5.54. The van der Waals surface area contributed by atoms with E-state index in [0.717, 1.165) is 25.3 Å². The van der Waals surface area contributed by atoms with Gasteiger partial charge in [-0.05, 0) is 37.8 Å². The number of H-pyrrole nitrogens is 1. The van der Waals surface area contributed by atoms with Crippen molar-refractivity contribution in [3.63, 3.8) is 0 Å². The maximum absolute atomic E-state index is 5.54. The van der Waals surface area contributed by atoms with Crippen LogP contribution in [0, 0.1) is 0 Å². The molecular weight excluding hydrogens is 186 g/mol. The van der Waals surface area contributed by atoms with E-state index in [1.807, 2.05) is 6.20 Å². The number of nitrogens with one attached hydrogen (secondary N) is 1. The Kier molecular flexibility index (Phi) is 3.78. The lowest BCUT2D eigenvalue weighted by molar-refractivity contribution is 0.434. The largest absolute Gasteiger partial charge is 0.330 e. The van der Waals surface area contributed by atoms with Crippen LogP contribution in [0.3, 0.4) is 0 Å². The molecule has 1 aromatic rings. The highest BCUT2D eigenvalue weighted by Crippen LogP contribution is 2.33. The minimum atomic E-state index is 0.731. The number of hydrogen-bond acceptors (Lipinski definition) is 2. The number of nitrogens with zero attached hydrogens (tertiary/aromatic N) is 1. The third kappa shape index (κ3) is 2.59. The number of rotatable bonds is 4. The number of aromatic nitrogens is 2. The smallest absolute Gasteiger partial charge is 0.0522 e. The van der Waals surface area contributed by atoms with E-state index in [9.17, 15) is 0 Å². The summed E-state index contributed by atoms with van der Waals surface area (Å²) in [4.78, 5) is 0. The molecule has 1 aliphatic carbocycles. The van der Waals surface area contributed by atoms with Crippen LogP contribution in [0.5, 0.6) is 0 Å². The minimum absolute atomic E-state index is 0.731. The van der Waals surface area contributed by atoms with Crippen LogP contribution in [-0.4, -0.2) is 16.7 Å². The Balaban J connectivity index is 2.02. The highest BCUT2D eigenvalue weighted by atomic mass is 15.1. The lowest BCUT2D eigenvalue weighted by Gasteiger charge is -2.21. The zero-order chi connectivity index (χ0) is 10.5. The fourth-order valence-electron chi connectivity index (χ4n) is 2.56. The first kappa shape index (κ1) is 10.7. The van der Waals surface area contributed by atoms with Crippen molar-refractivity contribution in [1.29, 1.82) is 0 Å². The van der Waals surface area contributed by atoms with E-state index in [1.54, 1.807) is 0 Å². The molecule has 0 saturated heterocycles. The summed E-state index contributed by atoms with van der Waals surface area (Å²) in [7, 11) is 0. The second-order valence-corrected chi connectivity index (χ2v) is 4.54. The number of aromatic amines is 1. The fraction of sp³-hybridized carbons (Fsp3) is 0.750. The van der Waals surface area contributed by atoms with Crippen LogP contribution in [0.25, 0.3) is 0 Å². The highest BCUT2D eigenvalue weighted by molar-refractivity contribution is 5.21. The van der Waals surface area contributed by atoms with Gasteiger partial charge in [-0.2, -0.15) is 5.10 Å². The molecular formula is C12H21N3. The van der Waals surface area contributed by atoms with Crippen molar-refractivity contribution in [2.24, 2.45) is 5.73 Å². The summed E-state index contributed by atoms with van der Waals surface area (Å²) in [6.07, 6.45) is 11.0. The van der Waals surface area contributed by atoms with E-state index < -0.39 is 0 Å². The first-order chi connectivity index (χ1) is 7.42. The van der Waals surface area contributed by atoms with Crippen molar-refractivity contribution in [2.45, 2.75) is 50.9 Å². The molecule has 0 radical (unpaired) electrons. The van der Waals surface area contributed by atoms with Crippen molar-refractivity contribution in [3.05, 3.63) is 17.5 Å². The van der Waals surface area contributed by atoms with Gasteiger partial charge in [0.15, 0.2) is 0 Å². The lowest BCUT2D eigenvalue weighted by atomic mass is 9.85. The summed E-state index contributed by atoms with van der Waals surface area (Å²) in [5.41, 5.74) is 8.33. The van der Waals surface area contributed by atoms with Crippen molar-refractivity contribution in [2.75, 3.05) is 6.54 Å². The van der Waals surface area contributed by atoms with E-state index in [-0.39, 0.29) is 0 Å². The van der Waals surface area contributed by atoms with Gasteiger partial charge in [0.25, 0.3) is 0 Å². The van der Waals surface area contributed by atoms with Crippen LogP contribution in [0.15, 0.2) is 6.20 Å². The van der Waals surface area contributed by atoms with E-state index in [4.69, 9.17) is 5.73 Å². The van der Waals surface area contributed by atoms with E-state index in [1.165, 1.54) is 43.4 Å². The molecule has 0 unspecified atom stereocenters. The standard InChI is InChI=1S/C12H21N3/c13-8-4-7-11-9-14-15-12(11)10-5-2-1-3-6-10/h9-10H,1-8,13H2,(H,14,15). The van der Waals surface area contributed by atoms with E-state index in [2.05, 4.69) is 10.2 Å². The maximum Gasteiger partial charge on any atom is 0.0522 e. The Morgan fingerprint density at radius 3 is 2.87 bits per heavy atom. The summed E-state index contributed by atoms with van der Waals surface area (Å²) in [5.74, 6) is 0.731. The third-order valence-corrected chi connectivity index (χ3v) is 3.41. The van der Waals surface area contributed by atoms with Crippen LogP contribution in [0.2, 0.25) is 0 Å².